The van der Waals surface area contributed by atoms with Crippen LogP contribution in [0.25, 0.3) is 0 Å². The first-order valence-corrected chi connectivity index (χ1v) is 15.2. The second kappa shape index (κ2) is 12.7. The molecule has 210 valence electrons. The smallest absolute Gasteiger partial charge is 0.264 e. The molecule has 2 N–H and O–H groups in total. The third kappa shape index (κ3) is 7.41. The Kier molecular flexibility index (Phi) is 9.83. The number of ether oxygens (including phenoxy) is 2. The molecular formula is C26H30ClN3O7S2. The minimum absolute atomic E-state index is 0.0519. The van der Waals surface area contributed by atoms with E-state index in [1.807, 2.05) is 0 Å². The summed E-state index contributed by atoms with van der Waals surface area (Å²) < 4.78 is 67.1. The number of benzene rings is 3. The van der Waals surface area contributed by atoms with Gasteiger partial charge in [-0.1, -0.05) is 23.7 Å². The van der Waals surface area contributed by atoms with Crippen LogP contribution >= 0.6 is 11.6 Å². The highest BCUT2D eigenvalue weighted by molar-refractivity contribution is 7.93. The van der Waals surface area contributed by atoms with Crippen LogP contribution in [0.5, 0.6) is 11.5 Å². The van der Waals surface area contributed by atoms with E-state index >= 15 is 0 Å². The Morgan fingerprint density at radius 3 is 2.21 bits per heavy atom. The Labute approximate surface area is 234 Å². The first kappa shape index (κ1) is 30.2. The lowest BCUT2D eigenvalue weighted by Crippen LogP contribution is -2.38. The second-order valence-electron chi connectivity index (χ2n) is 8.55. The van der Waals surface area contributed by atoms with Crippen molar-refractivity contribution in [2.24, 2.45) is 0 Å². The summed E-state index contributed by atoms with van der Waals surface area (Å²) in [6.07, 6.45) is 0. The molecule has 0 aliphatic carbocycles. The molecule has 0 saturated carbocycles. The van der Waals surface area contributed by atoms with Gasteiger partial charge in [0, 0.05) is 11.1 Å². The molecule has 3 aromatic rings. The van der Waals surface area contributed by atoms with Crippen LogP contribution in [0.2, 0.25) is 5.02 Å². The van der Waals surface area contributed by atoms with E-state index in [4.69, 9.17) is 21.1 Å². The lowest BCUT2D eigenvalue weighted by atomic mass is 10.2. The monoisotopic (exact) mass is 595 g/mol. The Morgan fingerprint density at radius 2 is 1.59 bits per heavy atom. The molecule has 0 bridgehead atoms. The van der Waals surface area contributed by atoms with Crippen molar-refractivity contribution in [3.05, 3.63) is 71.8 Å². The van der Waals surface area contributed by atoms with Crippen molar-refractivity contribution >= 4 is 48.9 Å². The van der Waals surface area contributed by atoms with Gasteiger partial charge in [-0.2, -0.15) is 0 Å². The summed E-state index contributed by atoms with van der Waals surface area (Å²) in [6.45, 7) is 4.72. The van der Waals surface area contributed by atoms with Crippen LogP contribution < -0.4 is 23.8 Å². The fourth-order valence-electron chi connectivity index (χ4n) is 3.62. The van der Waals surface area contributed by atoms with Crippen LogP contribution in [0.3, 0.4) is 0 Å². The third-order valence-electron chi connectivity index (χ3n) is 5.27. The van der Waals surface area contributed by atoms with Crippen molar-refractivity contribution in [3.63, 3.8) is 0 Å². The number of nitrogens with zero attached hydrogens (tertiary/aromatic N) is 1. The molecule has 0 atom stereocenters. The maximum absolute atomic E-state index is 13.7. The Bertz CT molecular complexity index is 1530. The summed E-state index contributed by atoms with van der Waals surface area (Å²) in [7, 11) is -6.77. The van der Waals surface area contributed by atoms with Gasteiger partial charge < -0.3 is 14.8 Å². The number of anilines is 2. The van der Waals surface area contributed by atoms with Crippen molar-refractivity contribution in [2.75, 3.05) is 29.9 Å². The van der Waals surface area contributed by atoms with Crippen LogP contribution in [0.4, 0.5) is 11.4 Å². The van der Waals surface area contributed by atoms with Crippen molar-refractivity contribution < 1.29 is 31.1 Å². The second-order valence-corrected chi connectivity index (χ2v) is 12.6. The number of rotatable bonds is 12. The fourth-order valence-corrected chi connectivity index (χ4v) is 6.46. The number of sulfonamides is 2. The van der Waals surface area contributed by atoms with Gasteiger partial charge in [-0.3, -0.25) is 9.10 Å². The Balaban J connectivity index is 2.02. The summed E-state index contributed by atoms with van der Waals surface area (Å²) in [5.74, 6) is -0.298. The van der Waals surface area contributed by atoms with E-state index in [-0.39, 0.29) is 45.3 Å². The van der Waals surface area contributed by atoms with E-state index in [0.29, 0.717) is 5.02 Å². The van der Waals surface area contributed by atoms with Gasteiger partial charge in [0.2, 0.25) is 15.9 Å². The Hall–Kier alpha value is -3.32. The number of carbonyl (C=O) groups excluding carboxylic acids is 1. The Morgan fingerprint density at radius 1 is 0.949 bits per heavy atom. The highest BCUT2D eigenvalue weighted by Gasteiger charge is 2.30. The molecule has 0 aliphatic heterocycles. The fraction of sp³-hybridized carbons (Fsp3) is 0.269. The molecule has 0 aromatic heterocycles. The van der Waals surface area contributed by atoms with Gasteiger partial charge in [-0.15, -0.1) is 0 Å². The first-order chi connectivity index (χ1) is 18.4. The molecule has 0 fully saturated rings. The van der Waals surface area contributed by atoms with Crippen molar-refractivity contribution in [1.29, 1.82) is 0 Å². The highest BCUT2D eigenvalue weighted by Crippen LogP contribution is 2.33. The molecule has 0 radical (unpaired) electrons. The highest BCUT2D eigenvalue weighted by atomic mass is 35.5. The lowest BCUT2D eigenvalue weighted by molar-refractivity contribution is -0.114. The van der Waals surface area contributed by atoms with Gasteiger partial charge in [-0.05, 0) is 75.4 Å². The first-order valence-electron chi connectivity index (χ1n) is 11.9. The molecule has 10 nitrogen and oxygen atoms in total. The number of halogens is 1. The van der Waals surface area contributed by atoms with E-state index in [1.54, 1.807) is 39.0 Å². The SMILES string of the molecule is CCOc1ccccc1N(CC(=O)Nc1cc(S(=O)(=O)NC(C)C)ccc1OC)S(=O)(=O)c1ccc(Cl)cc1. The standard InChI is InChI=1S/C26H30ClN3O7S2/c1-5-37-25-9-7-6-8-23(25)30(39(34,35)20-12-10-19(27)11-13-20)17-26(31)28-22-16-21(14-15-24(22)36-4)38(32,33)29-18(2)3/h6-16,18,29H,5,17H2,1-4H3,(H,28,31). The maximum Gasteiger partial charge on any atom is 0.264 e. The molecule has 0 heterocycles. The maximum atomic E-state index is 13.7. The van der Waals surface area contributed by atoms with Crippen molar-refractivity contribution in [3.8, 4) is 11.5 Å². The van der Waals surface area contributed by atoms with E-state index in [0.717, 1.165) is 4.31 Å². The molecule has 0 aliphatic rings. The zero-order valence-corrected chi connectivity index (χ0v) is 24.2. The normalized spacial score (nSPS) is 11.7. The number of nitrogens with one attached hydrogen (secondary N) is 2. The minimum Gasteiger partial charge on any atom is -0.495 e. The largest absolute Gasteiger partial charge is 0.495 e. The van der Waals surface area contributed by atoms with Gasteiger partial charge >= 0.3 is 0 Å². The molecule has 0 saturated heterocycles. The number of carbonyl (C=O) groups is 1. The quantitative estimate of drug-likeness (QED) is 0.320. The van der Waals surface area contributed by atoms with Crippen LogP contribution in [0.1, 0.15) is 20.8 Å². The van der Waals surface area contributed by atoms with E-state index in [9.17, 15) is 21.6 Å². The number of amides is 1. The van der Waals surface area contributed by atoms with Crippen molar-refractivity contribution in [2.45, 2.75) is 36.6 Å². The van der Waals surface area contributed by atoms with E-state index in [1.165, 1.54) is 55.6 Å². The minimum atomic E-state index is -4.26. The lowest BCUT2D eigenvalue weighted by Gasteiger charge is -2.26. The number of para-hydroxylation sites is 2. The van der Waals surface area contributed by atoms with Crippen LogP contribution in [-0.4, -0.2) is 49.0 Å². The molecule has 39 heavy (non-hydrogen) atoms. The van der Waals surface area contributed by atoms with E-state index < -0.39 is 32.5 Å². The number of hydrogen-bond donors (Lipinski definition) is 2. The topological polar surface area (TPSA) is 131 Å². The molecule has 0 spiro atoms. The van der Waals surface area contributed by atoms with Crippen LogP contribution in [-0.2, 0) is 24.8 Å². The third-order valence-corrected chi connectivity index (χ3v) is 8.95. The number of hydrogen-bond acceptors (Lipinski definition) is 7. The van der Waals surface area contributed by atoms with Crippen LogP contribution in [0, 0.1) is 0 Å². The average molecular weight is 596 g/mol. The zero-order chi connectivity index (χ0) is 28.8. The van der Waals surface area contributed by atoms with Crippen LogP contribution in [0.15, 0.2) is 76.5 Å². The number of methoxy groups -OCH3 is 1. The summed E-state index contributed by atoms with van der Waals surface area (Å²) >= 11 is 5.95. The van der Waals surface area contributed by atoms with Gasteiger partial charge in [0.15, 0.2) is 0 Å². The molecule has 1 amide bonds. The molecule has 0 unspecified atom stereocenters. The van der Waals surface area contributed by atoms with Gasteiger partial charge in [0.05, 0.1) is 34.9 Å². The molecular weight excluding hydrogens is 566 g/mol. The predicted molar refractivity (Wildman–Crippen MR) is 151 cm³/mol. The van der Waals surface area contributed by atoms with Gasteiger partial charge in [0.25, 0.3) is 10.0 Å². The van der Waals surface area contributed by atoms with Crippen molar-refractivity contribution in [1.82, 2.24) is 4.72 Å². The zero-order valence-electron chi connectivity index (χ0n) is 21.8. The van der Waals surface area contributed by atoms with E-state index in [2.05, 4.69) is 10.0 Å². The average Bonchev–Trinajstić information content (AvgIpc) is 2.87. The summed E-state index contributed by atoms with van der Waals surface area (Å²) in [4.78, 5) is 13.1. The summed E-state index contributed by atoms with van der Waals surface area (Å²) in [6, 6.07) is 15.6. The molecule has 3 rings (SSSR count). The predicted octanol–water partition coefficient (Wildman–Crippen LogP) is 4.27. The molecule has 13 heteroatoms. The van der Waals surface area contributed by atoms with Gasteiger partial charge in [0.1, 0.15) is 18.0 Å². The summed E-state index contributed by atoms with van der Waals surface area (Å²) in [5.41, 5.74) is 0.199. The van der Waals surface area contributed by atoms with Gasteiger partial charge in [-0.25, -0.2) is 21.6 Å². The summed E-state index contributed by atoms with van der Waals surface area (Å²) in [5, 5.41) is 2.94. The molecule has 3 aromatic carbocycles.